The van der Waals surface area contributed by atoms with Gasteiger partial charge in [0.15, 0.2) is 0 Å². The fourth-order valence-corrected chi connectivity index (χ4v) is 2.97. The van der Waals surface area contributed by atoms with Gasteiger partial charge in [-0.3, -0.25) is 0 Å². The van der Waals surface area contributed by atoms with Crippen LogP contribution in [-0.2, 0) is 9.31 Å². The minimum atomic E-state index is -0.597. The number of para-hydroxylation sites is 1. The van der Waals surface area contributed by atoms with Crippen molar-refractivity contribution in [2.45, 2.75) is 52.6 Å². The van der Waals surface area contributed by atoms with Gasteiger partial charge in [-0.15, -0.1) is 0 Å². The number of nitrogens with zero attached hydrogens (tertiary/aromatic N) is 1. The van der Waals surface area contributed by atoms with Gasteiger partial charge in [-0.1, -0.05) is 18.2 Å². The number of hydrogen-bond donors (Lipinski definition) is 1. The molecule has 0 amide bonds. The Kier molecular flexibility index (Phi) is 3.47. The molecule has 1 aromatic heterocycles. The predicted molar refractivity (Wildman–Crippen MR) is 91.6 cm³/mol. The van der Waals surface area contributed by atoms with Crippen LogP contribution in [0.3, 0.4) is 0 Å². The molecular weight excluding hydrogens is 276 g/mol. The maximum Gasteiger partial charge on any atom is 0.496 e. The number of aryl methyl sites for hydroxylation is 1. The van der Waals surface area contributed by atoms with E-state index in [0.717, 1.165) is 21.9 Å². The van der Waals surface area contributed by atoms with Crippen molar-refractivity contribution in [3.8, 4) is 0 Å². The average Bonchev–Trinajstić information content (AvgIpc) is 2.86. The molecular formula is C16H23B2NO3. The van der Waals surface area contributed by atoms with Crippen LogP contribution in [-0.4, -0.2) is 34.9 Å². The first-order valence-corrected chi connectivity index (χ1v) is 7.78. The number of rotatable bonds is 2. The Morgan fingerprint density at radius 1 is 1.14 bits per heavy atom. The fourth-order valence-electron chi connectivity index (χ4n) is 2.97. The van der Waals surface area contributed by atoms with Crippen molar-refractivity contribution >= 4 is 30.5 Å². The smallest absolute Gasteiger partial charge is 0.432 e. The van der Waals surface area contributed by atoms with Crippen LogP contribution in [0.4, 0.5) is 0 Å². The van der Waals surface area contributed by atoms with Gasteiger partial charge in [0.1, 0.15) is 0 Å². The summed E-state index contributed by atoms with van der Waals surface area (Å²) >= 11 is 0. The summed E-state index contributed by atoms with van der Waals surface area (Å²) in [6.45, 7) is 12.0. The second-order valence-electron chi connectivity index (χ2n) is 7.18. The maximum atomic E-state index is 10.1. The van der Waals surface area contributed by atoms with E-state index in [0.29, 0.717) is 0 Å². The van der Waals surface area contributed by atoms with Gasteiger partial charge in [-0.2, -0.15) is 0 Å². The van der Waals surface area contributed by atoms with Crippen LogP contribution < -0.4 is 5.46 Å². The summed E-state index contributed by atoms with van der Waals surface area (Å²) in [4.78, 5) is 0. The Morgan fingerprint density at radius 2 is 1.73 bits per heavy atom. The molecule has 116 valence electrons. The third-order valence-corrected chi connectivity index (χ3v) is 4.99. The summed E-state index contributed by atoms with van der Waals surface area (Å²) in [7, 11) is -1.02. The molecule has 0 radical (unpaired) electrons. The van der Waals surface area contributed by atoms with E-state index < -0.39 is 14.2 Å². The SMILES string of the molecule is CB(O)n1cc(B2OC(C)(C)C(C)(C)O2)c2cccc(C)c21. The largest absolute Gasteiger partial charge is 0.496 e. The van der Waals surface area contributed by atoms with Gasteiger partial charge >= 0.3 is 14.2 Å². The van der Waals surface area contributed by atoms with E-state index in [-0.39, 0.29) is 11.2 Å². The lowest BCUT2D eigenvalue weighted by Gasteiger charge is -2.32. The molecule has 2 aromatic rings. The molecule has 1 aromatic carbocycles. The van der Waals surface area contributed by atoms with Crippen molar-refractivity contribution in [2.75, 3.05) is 0 Å². The number of hydrogen-bond acceptors (Lipinski definition) is 3. The highest BCUT2D eigenvalue weighted by Gasteiger charge is 2.52. The van der Waals surface area contributed by atoms with E-state index in [9.17, 15) is 5.02 Å². The van der Waals surface area contributed by atoms with Crippen molar-refractivity contribution in [3.05, 3.63) is 30.0 Å². The van der Waals surface area contributed by atoms with Gasteiger partial charge in [-0.05, 0) is 58.6 Å². The zero-order chi connectivity index (χ0) is 16.3. The van der Waals surface area contributed by atoms with E-state index in [4.69, 9.17) is 9.31 Å². The van der Waals surface area contributed by atoms with Crippen LogP contribution in [0.1, 0.15) is 33.3 Å². The monoisotopic (exact) mass is 299 g/mol. The zero-order valence-electron chi connectivity index (χ0n) is 14.2. The zero-order valence-corrected chi connectivity index (χ0v) is 14.2. The van der Waals surface area contributed by atoms with Gasteiger partial charge in [0.25, 0.3) is 0 Å². The summed E-state index contributed by atoms with van der Waals surface area (Å²) in [5.74, 6) is 0. The quantitative estimate of drug-likeness (QED) is 0.865. The second kappa shape index (κ2) is 4.88. The Morgan fingerprint density at radius 3 is 2.27 bits per heavy atom. The molecule has 0 aliphatic carbocycles. The van der Waals surface area contributed by atoms with Crippen LogP contribution >= 0.6 is 0 Å². The predicted octanol–water partition coefficient (Wildman–Crippen LogP) is 2.21. The molecule has 1 fully saturated rings. The van der Waals surface area contributed by atoms with E-state index >= 15 is 0 Å². The minimum Gasteiger partial charge on any atom is -0.432 e. The molecule has 6 heteroatoms. The van der Waals surface area contributed by atoms with Crippen LogP contribution in [0, 0.1) is 6.92 Å². The van der Waals surface area contributed by atoms with E-state index in [1.54, 1.807) is 6.82 Å². The lowest BCUT2D eigenvalue weighted by molar-refractivity contribution is 0.00578. The molecule has 0 spiro atoms. The number of benzene rings is 1. The Labute approximate surface area is 132 Å². The van der Waals surface area contributed by atoms with E-state index in [1.807, 2.05) is 44.4 Å². The average molecular weight is 299 g/mol. The third-order valence-electron chi connectivity index (χ3n) is 4.99. The summed E-state index contributed by atoms with van der Waals surface area (Å²) in [6, 6.07) is 6.13. The van der Waals surface area contributed by atoms with Crippen LogP contribution in [0.5, 0.6) is 0 Å². The Hall–Kier alpha value is -1.23. The standard InChI is InChI=1S/C16H23B2NO3/c1-11-8-7-9-12-13(10-19(14(11)12)17(6)20)18-21-15(2,3)16(4,5)22-18/h7-10,20H,1-6H3. The normalized spacial score (nSPS) is 19.9. The fraction of sp³-hybridized carbons (Fsp3) is 0.500. The molecule has 2 heterocycles. The van der Waals surface area contributed by atoms with Gasteiger partial charge in [0.05, 0.1) is 11.2 Å². The summed E-state index contributed by atoms with van der Waals surface area (Å²) in [5, 5.41) is 11.2. The van der Waals surface area contributed by atoms with E-state index in [2.05, 4.69) is 19.1 Å². The topological polar surface area (TPSA) is 43.6 Å². The molecule has 4 nitrogen and oxygen atoms in total. The molecule has 22 heavy (non-hydrogen) atoms. The van der Waals surface area contributed by atoms with Gasteiger partial charge in [0, 0.05) is 11.0 Å². The lowest BCUT2D eigenvalue weighted by atomic mass is 9.78. The second-order valence-corrected chi connectivity index (χ2v) is 7.18. The van der Waals surface area contributed by atoms with Crippen molar-refractivity contribution < 1.29 is 14.3 Å². The van der Waals surface area contributed by atoms with Crippen LogP contribution in [0.15, 0.2) is 24.4 Å². The lowest BCUT2D eigenvalue weighted by Crippen LogP contribution is -2.41. The Balaban J connectivity index is 2.16. The molecule has 3 rings (SSSR count). The highest BCUT2D eigenvalue weighted by Crippen LogP contribution is 2.37. The summed E-state index contributed by atoms with van der Waals surface area (Å²) < 4.78 is 14.2. The van der Waals surface area contributed by atoms with Crippen molar-refractivity contribution in [1.82, 2.24) is 4.48 Å². The molecule has 1 aliphatic heterocycles. The number of aromatic nitrogens is 1. The molecule has 1 saturated heterocycles. The maximum absolute atomic E-state index is 10.1. The third kappa shape index (κ3) is 2.21. The number of fused-ring (bicyclic) bond motifs is 1. The van der Waals surface area contributed by atoms with Crippen molar-refractivity contribution in [3.63, 3.8) is 0 Å². The molecule has 0 unspecified atom stereocenters. The van der Waals surface area contributed by atoms with Gasteiger partial charge < -0.3 is 18.8 Å². The first kappa shape index (κ1) is 15.7. The summed E-state index contributed by atoms with van der Waals surface area (Å²) in [6.07, 6.45) is 1.95. The first-order valence-electron chi connectivity index (χ1n) is 7.78. The molecule has 1 N–H and O–H groups in total. The Bertz CT molecular complexity index is 705. The van der Waals surface area contributed by atoms with Gasteiger partial charge in [-0.25, -0.2) is 0 Å². The van der Waals surface area contributed by atoms with Crippen molar-refractivity contribution in [2.24, 2.45) is 0 Å². The molecule has 0 bridgehead atoms. The van der Waals surface area contributed by atoms with Crippen LogP contribution in [0.25, 0.3) is 10.9 Å². The van der Waals surface area contributed by atoms with E-state index in [1.165, 1.54) is 0 Å². The highest BCUT2D eigenvalue weighted by molar-refractivity contribution is 6.66. The molecule has 0 atom stereocenters. The first-order chi connectivity index (χ1) is 10.1. The van der Waals surface area contributed by atoms with Crippen molar-refractivity contribution in [1.29, 1.82) is 0 Å². The summed E-state index contributed by atoms with van der Waals surface area (Å²) in [5.41, 5.74) is 2.38. The molecule has 1 aliphatic rings. The van der Waals surface area contributed by atoms with Gasteiger partial charge in [0.2, 0.25) is 0 Å². The molecule has 0 saturated carbocycles. The highest BCUT2D eigenvalue weighted by atomic mass is 16.7. The van der Waals surface area contributed by atoms with Crippen LogP contribution in [0.2, 0.25) is 6.82 Å². The minimum absolute atomic E-state index is 0.374.